The van der Waals surface area contributed by atoms with Crippen molar-refractivity contribution in [2.45, 2.75) is 26.8 Å². The largest absolute Gasteiger partial charge is 0.497 e. The second kappa shape index (κ2) is 9.62. The fraction of sp³-hybridized carbons (Fsp3) is 0.333. The van der Waals surface area contributed by atoms with Gasteiger partial charge < -0.3 is 20.1 Å². The summed E-state index contributed by atoms with van der Waals surface area (Å²) in [7, 11) is 1.56. The van der Waals surface area contributed by atoms with Crippen LogP contribution in [-0.4, -0.2) is 31.6 Å². The standard InChI is InChI=1S/C21H26N2O4/c1-5-27-18-9-7-6-8-17(18)22-21(25)19(14(2)3)23-20(24)15-10-12-16(26-4)13-11-15/h6-14,19H,5H2,1-4H3,(H,22,25)(H,23,24). The number of carbonyl (C=O) groups is 2. The molecule has 0 aliphatic heterocycles. The van der Waals surface area contributed by atoms with Gasteiger partial charge in [-0.2, -0.15) is 0 Å². The fourth-order valence-electron chi connectivity index (χ4n) is 2.56. The van der Waals surface area contributed by atoms with Crippen LogP contribution in [0.15, 0.2) is 48.5 Å². The molecule has 0 bridgehead atoms. The van der Waals surface area contributed by atoms with Crippen molar-refractivity contribution in [2.24, 2.45) is 5.92 Å². The molecule has 2 aromatic rings. The highest BCUT2D eigenvalue weighted by Gasteiger charge is 2.25. The summed E-state index contributed by atoms with van der Waals surface area (Å²) in [5.74, 6) is 0.560. The van der Waals surface area contributed by atoms with E-state index in [0.29, 0.717) is 29.4 Å². The van der Waals surface area contributed by atoms with E-state index in [1.807, 2.05) is 32.9 Å². The molecule has 0 aliphatic rings. The van der Waals surface area contributed by atoms with Crippen LogP contribution in [0, 0.1) is 5.92 Å². The maximum Gasteiger partial charge on any atom is 0.251 e. The lowest BCUT2D eigenvalue weighted by atomic mass is 10.0. The van der Waals surface area contributed by atoms with Crippen molar-refractivity contribution in [3.05, 3.63) is 54.1 Å². The van der Waals surface area contributed by atoms with Gasteiger partial charge in [-0.15, -0.1) is 0 Å². The van der Waals surface area contributed by atoms with Crippen molar-refractivity contribution < 1.29 is 19.1 Å². The number of amides is 2. The van der Waals surface area contributed by atoms with Crippen molar-refractivity contribution in [3.63, 3.8) is 0 Å². The van der Waals surface area contributed by atoms with Gasteiger partial charge in [-0.05, 0) is 49.2 Å². The van der Waals surface area contributed by atoms with Crippen molar-refractivity contribution >= 4 is 17.5 Å². The maximum atomic E-state index is 12.8. The van der Waals surface area contributed by atoms with Crippen LogP contribution in [0.2, 0.25) is 0 Å². The minimum Gasteiger partial charge on any atom is -0.497 e. The van der Waals surface area contributed by atoms with Crippen LogP contribution in [0.4, 0.5) is 5.69 Å². The van der Waals surface area contributed by atoms with Crippen LogP contribution < -0.4 is 20.1 Å². The summed E-state index contributed by atoms with van der Waals surface area (Å²) >= 11 is 0. The van der Waals surface area contributed by atoms with E-state index >= 15 is 0 Å². The van der Waals surface area contributed by atoms with E-state index in [2.05, 4.69) is 10.6 Å². The molecular weight excluding hydrogens is 344 g/mol. The van der Waals surface area contributed by atoms with Crippen molar-refractivity contribution in [1.29, 1.82) is 0 Å². The summed E-state index contributed by atoms with van der Waals surface area (Å²) < 4.78 is 10.6. The molecule has 2 amide bonds. The summed E-state index contributed by atoms with van der Waals surface area (Å²) in [6, 6.07) is 13.3. The van der Waals surface area contributed by atoms with Crippen LogP contribution in [0.3, 0.4) is 0 Å². The Bertz CT molecular complexity index is 772. The second-order valence-electron chi connectivity index (χ2n) is 6.34. The Hall–Kier alpha value is -3.02. The zero-order chi connectivity index (χ0) is 19.8. The van der Waals surface area contributed by atoms with E-state index in [1.54, 1.807) is 43.5 Å². The van der Waals surface area contributed by atoms with E-state index in [9.17, 15) is 9.59 Å². The maximum absolute atomic E-state index is 12.8. The van der Waals surface area contributed by atoms with Gasteiger partial charge in [-0.3, -0.25) is 9.59 Å². The Labute approximate surface area is 159 Å². The molecule has 0 spiro atoms. The molecule has 0 aliphatic carbocycles. The number of carbonyl (C=O) groups excluding carboxylic acids is 2. The smallest absolute Gasteiger partial charge is 0.251 e. The van der Waals surface area contributed by atoms with Crippen LogP contribution >= 0.6 is 0 Å². The number of benzene rings is 2. The fourth-order valence-corrected chi connectivity index (χ4v) is 2.56. The number of rotatable bonds is 8. The SMILES string of the molecule is CCOc1ccccc1NC(=O)C(NC(=O)c1ccc(OC)cc1)C(C)C. The van der Waals surface area contributed by atoms with Crippen LogP contribution in [0.5, 0.6) is 11.5 Å². The molecule has 0 saturated carbocycles. The molecule has 0 radical (unpaired) electrons. The molecule has 0 fully saturated rings. The van der Waals surface area contributed by atoms with Crippen molar-refractivity contribution in [3.8, 4) is 11.5 Å². The molecule has 144 valence electrons. The van der Waals surface area contributed by atoms with E-state index in [4.69, 9.17) is 9.47 Å². The van der Waals surface area contributed by atoms with Gasteiger partial charge in [-0.25, -0.2) is 0 Å². The molecular formula is C21H26N2O4. The van der Waals surface area contributed by atoms with E-state index in [0.717, 1.165) is 0 Å². The average molecular weight is 370 g/mol. The first kappa shape index (κ1) is 20.3. The first-order chi connectivity index (χ1) is 13.0. The van der Waals surface area contributed by atoms with Gasteiger partial charge in [0.05, 0.1) is 19.4 Å². The van der Waals surface area contributed by atoms with Gasteiger partial charge in [0.15, 0.2) is 0 Å². The first-order valence-electron chi connectivity index (χ1n) is 8.93. The Morgan fingerprint density at radius 2 is 1.70 bits per heavy atom. The highest BCUT2D eigenvalue weighted by Crippen LogP contribution is 2.24. The van der Waals surface area contributed by atoms with Crippen LogP contribution in [0.25, 0.3) is 0 Å². The summed E-state index contributed by atoms with van der Waals surface area (Å²) in [6.45, 7) is 6.14. The average Bonchev–Trinajstić information content (AvgIpc) is 2.67. The lowest BCUT2D eigenvalue weighted by Crippen LogP contribution is -2.47. The van der Waals surface area contributed by atoms with Gasteiger partial charge in [0.1, 0.15) is 17.5 Å². The molecule has 0 saturated heterocycles. The van der Waals surface area contributed by atoms with E-state index < -0.39 is 6.04 Å². The topological polar surface area (TPSA) is 76.7 Å². The number of methoxy groups -OCH3 is 1. The number of ether oxygens (including phenoxy) is 2. The summed E-state index contributed by atoms with van der Waals surface area (Å²) in [6.07, 6.45) is 0. The molecule has 6 nitrogen and oxygen atoms in total. The Kier molecular flexibility index (Phi) is 7.23. The summed E-state index contributed by atoms with van der Waals surface area (Å²) in [4.78, 5) is 25.3. The molecule has 1 unspecified atom stereocenters. The molecule has 2 rings (SSSR count). The van der Waals surface area contributed by atoms with Crippen LogP contribution in [0.1, 0.15) is 31.1 Å². The van der Waals surface area contributed by atoms with Crippen LogP contribution in [-0.2, 0) is 4.79 Å². The van der Waals surface area contributed by atoms with Gasteiger partial charge in [0, 0.05) is 5.56 Å². The molecule has 2 aromatic carbocycles. The Morgan fingerprint density at radius 1 is 1.04 bits per heavy atom. The van der Waals surface area contributed by atoms with Gasteiger partial charge in [-0.1, -0.05) is 26.0 Å². The minimum atomic E-state index is -0.686. The highest BCUT2D eigenvalue weighted by atomic mass is 16.5. The minimum absolute atomic E-state index is 0.0912. The first-order valence-corrected chi connectivity index (χ1v) is 8.93. The number of hydrogen-bond donors (Lipinski definition) is 2. The molecule has 0 aromatic heterocycles. The zero-order valence-electron chi connectivity index (χ0n) is 16.1. The third-order valence-electron chi connectivity index (χ3n) is 4.03. The Balaban J connectivity index is 2.11. The quantitative estimate of drug-likeness (QED) is 0.746. The predicted octanol–water partition coefficient (Wildman–Crippen LogP) is 3.49. The van der Waals surface area contributed by atoms with Gasteiger partial charge >= 0.3 is 0 Å². The van der Waals surface area contributed by atoms with E-state index in [-0.39, 0.29) is 17.7 Å². The van der Waals surface area contributed by atoms with Crippen molar-refractivity contribution in [1.82, 2.24) is 5.32 Å². The number of nitrogens with one attached hydrogen (secondary N) is 2. The summed E-state index contributed by atoms with van der Waals surface area (Å²) in [5.41, 5.74) is 1.04. The Morgan fingerprint density at radius 3 is 2.30 bits per heavy atom. The number of para-hydroxylation sites is 2. The third kappa shape index (κ3) is 5.48. The lowest BCUT2D eigenvalue weighted by molar-refractivity contribution is -0.118. The number of anilines is 1. The van der Waals surface area contributed by atoms with Gasteiger partial charge in [0.2, 0.25) is 5.91 Å². The molecule has 0 heterocycles. The van der Waals surface area contributed by atoms with Crippen molar-refractivity contribution in [2.75, 3.05) is 19.0 Å². The predicted molar refractivity (Wildman–Crippen MR) is 105 cm³/mol. The highest BCUT2D eigenvalue weighted by molar-refractivity contribution is 6.01. The third-order valence-corrected chi connectivity index (χ3v) is 4.03. The van der Waals surface area contributed by atoms with Gasteiger partial charge in [0.25, 0.3) is 5.91 Å². The second-order valence-corrected chi connectivity index (χ2v) is 6.34. The molecule has 1 atom stereocenters. The normalized spacial score (nSPS) is 11.6. The zero-order valence-corrected chi connectivity index (χ0v) is 16.1. The van der Waals surface area contributed by atoms with E-state index in [1.165, 1.54) is 0 Å². The molecule has 6 heteroatoms. The monoisotopic (exact) mass is 370 g/mol. The molecule has 27 heavy (non-hydrogen) atoms. The summed E-state index contributed by atoms with van der Waals surface area (Å²) in [5, 5.41) is 5.66. The lowest BCUT2D eigenvalue weighted by Gasteiger charge is -2.22. The number of hydrogen-bond acceptors (Lipinski definition) is 4. The molecule has 2 N–H and O–H groups in total.